The van der Waals surface area contributed by atoms with Gasteiger partial charge in [0, 0.05) is 50.0 Å². The fourth-order valence-corrected chi connectivity index (χ4v) is 4.15. The van der Waals surface area contributed by atoms with Crippen LogP contribution in [0.3, 0.4) is 0 Å². The summed E-state index contributed by atoms with van der Waals surface area (Å²) < 4.78 is 1.56. The second-order valence-corrected chi connectivity index (χ2v) is 8.20. The van der Waals surface area contributed by atoms with Gasteiger partial charge in [0.2, 0.25) is 0 Å². The third kappa shape index (κ3) is 4.25. The molecule has 0 atom stereocenters. The Morgan fingerprint density at radius 1 is 1.21 bits per heavy atom. The minimum Gasteiger partial charge on any atom is -0.322 e. The number of hydrogen-bond donors (Lipinski definition) is 2. The highest BCUT2D eigenvalue weighted by Gasteiger charge is 2.22. The molecule has 1 aliphatic heterocycles. The normalized spacial score (nSPS) is 14.9. The molecule has 0 spiro atoms. The van der Waals surface area contributed by atoms with Crippen LogP contribution >= 0.6 is 11.3 Å². The van der Waals surface area contributed by atoms with Gasteiger partial charge in [0.25, 0.3) is 0 Å². The van der Waals surface area contributed by atoms with E-state index in [1.807, 2.05) is 43.0 Å². The highest BCUT2D eigenvalue weighted by atomic mass is 32.1. The van der Waals surface area contributed by atoms with Crippen molar-refractivity contribution in [3.05, 3.63) is 62.7 Å². The zero-order chi connectivity index (χ0) is 20.4. The van der Waals surface area contributed by atoms with Crippen molar-refractivity contribution in [1.29, 1.82) is 0 Å². The number of imidazole rings is 1. The number of rotatable bonds is 4. The van der Waals surface area contributed by atoms with Crippen LogP contribution in [0.4, 0.5) is 10.5 Å². The van der Waals surface area contributed by atoms with Gasteiger partial charge >= 0.3 is 11.7 Å². The Balaban J connectivity index is 1.40. The average molecular weight is 413 g/mol. The number of piperazine rings is 1. The highest BCUT2D eigenvalue weighted by molar-refractivity contribution is 7.09. The number of aromatic nitrogens is 3. The molecule has 2 N–H and O–H groups in total. The molecule has 0 saturated carbocycles. The van der Waals surface area contributed by atoms with Gasteiger partial charge in [-0.1, -0.05) is 12.1 Å². The lowest BCUT2D eigenvalue weighted by molar-refractivity contribution is 0.142. The minimum absolute atomic E-state index is 0.150. The van der Waals surface area contributed by atoms with E-state index in [1.54, 1.807) is 22.1 Å². The van der Waals surface area contributed by atoms with Crippen molar-refractivity contribution < 1.29 is 4.79 Å². The van der Waals surface area contributed by atoms with Crippen LogP contribution in [0.15, 0.2) is 40.6 Å². The summed E-state index contributed by atoms with van der Waals surface area (Å²) in [7, 11) is 0. The molecule has 152 valence electrons. The van der Waals surface area contributed by atoms with Crippen LogP contribution in [-0.2, 0) is 6.54 Å². The van der Waals surface area contributed by atoms with Crippen molar-refractivity contribution in [2.75, 3.05) is 31.5 Å². The predicted octanol–water partition coefficient (Wildman–Crippen LogP) is 2.59. The van der Waals surface area contributed by atoms with Crippen LogP contribution in [0.2, 0.25) is 0 Å². The van der Waals surface area contributed by atoms with Crippen molar-refractivity contribution in [2.24, 2.45) is 0 Å². The van der Waals surface area contributed by atoms with Crippen molar-refractivity contribution >= 4 is 23.1 Å². The molecule has 29 heavy (non-hydrogen) atoms. The quantitative estimate of drug-likeness (QED) is 0.690. The van der Waals surface area contributed by atoms with E-state index < -0.39 is 0 Å². The number of nitrogens with one attached hydrogen (secondary N) is 2. The maximum absolute atomic E-state index is 12.8. The molecule has 3 heterocycles. The summed E-state index contributed by atoms with van der Waals surface area (Å²) in [6.45, 7) is 7.60. The number of urea groups is 1. The Hall–Kier alpha value is -2.91. The zero-order valence-electron chi connectivity index (χ0n) is 16.5. The van der Waals surface area contributed by atoms with Gasteiger partial charge in [-0.15, -0.1) is 11.3 Å². The van der Waals surface area contributed by atoms with E-state index >= 15 is 0 Å². The Labute approximate surface area is 172 Å². The van der Waals surface area contributed by atoms with Gasteiger partial charge in [0.05, 0.1) is 22.1 Å². The molecule has 1 aromatic carbocycles. The second kappa shape index (κ2) is 8.22. The van der Waals surface area contributed by atoms with Gasteiger partial charge < -0.3 is 15.2 Å². The van der Waals surface area contributed by atoms with Crippen LogP contribution in [0, 0.1) is 13.8 Å². The van der Waals surface area contributed by atoms with E-state index in [0.29, 0.717) is 24.5 Å². The Morgan fingerprint density at radius 2 is 1.97 bits per heavy atom. The van der Waals surface area contributed by atoms with Gasteiger partial charge in [-0.3, -0.25) is 9.47 Å². The van der Waals surface area contributed by atoms with E-state index in [4.69, 9.17) is 0 Å². The highest BCUT2D eigenvalue weighted by Crippen LogP contribution is 2.21. The molecule has 2 amide bonds. The monoisotopic (exact) mass is 412 g/mol. The standard InChI is InChI=1S/C20H24N6O2S/c1-14-11-21-19(27)26(14)18-6-4-3-5-17(18)23-20(28)25-9-7-24(8-10-25)12-16-13-29-15(2)22-16/h3-6,11,13H,7-10,12H2,1-2H3,(H,21,27)(H,23,28). The molecule has 0 aliphatic carbocycles. The Kier molecular flexibility index (Phi) is 5.50. The van der Waals surface area contributed by atoms with Gasteiger partial charge in [-0.2, -0.15) is 0 Å². The summed E-state index contributed by atoms with van der Waals surface area (Å²) in [6, 6.07) is 7.18. The van der Waals surface area contributed by atoms with Crippen LogP contribution in [0.5, 0.6) is 0 Å². The number of para-hydroxylation sites is 2. The number of aromatic amines is 1. The molecule has 4 rings (SSSR count). The number of carbonyl (C=O) groups is 1. The Morgan fingerprint density at radius 3 is 2.62 bits per heavy atom. The van der Waals surface area contributed by atoms with Crippen molar-refractivity contribution in [1.82, 2.24) is 24.3 Å². The third-order valence-corrected chi connectivity index (χ3v) is 5.88. The molecule has 2 aromatic heterocycles. The van der Waals surface area contributed by atoms with Crippen molar-refractivity contribution in [3.8, 4) is 5.69 Å². The van der Waals surface area contributed by atoms with Gasteiger partial charge in [-0.25, -0.2) is 14.6 Å². The van der Waals surface area contributed by atoms with Crippen molar-refractivity contribution in [3.63, 3.8) is 0 Å². The van der Waals surface area contributed by atoms with E-state index in [0.717, 1.165) is 36.0 Å². The summed E-state index contributed by atoms with van der Waals surface area (Å²) in [5.41, 5.74) is 2.91. The molecule has 0 unspecified atom stereocenters. The lowest BCUT2D eigenvalue weighted by Gasteiger charge is -2.34. The number of carbonyl (C=O) groups excluding carboxylic acids is 1. The lowest BCUT2D eigenvalue weighted by Crippen LogP contribution is -2.49. The molecule has 9 heteroatoms. The van der Waals surface area contributed by atoms with Gasteiger partial charge in [0.1, 0.15) is 0 Å². The van der Waals surface area contributed by atoms with Crippen LogP contribution in [-0.4, -0.2) is 56.5 Å². The number of H-pyrrole nitrogens is 1. The summed E-state index contributed by atoms with van der Waals surface area (Å²) in [4.78, 5) is 36.3. The van der Waals surface area contributed by atoms with Gasteiger partial charge in [-0.05, 0) is 26.0 Å². The van der Waals surface area contributed by atoms with E-state index in [1.165, 1.54) is 0 Å². The largest absolute Gasteiger partial charge is 0.330 e. The number of amides is 2. The molecule has 0 bridgehead atoms. The first-order chi connectivity index (χ1) is 14.0. The van der Waals surface area contributed by atoms with Crippen LogP contribution in [0.25, 0.3) is 5.69 Å². The second-order valence-electron chi connectivity index (χ2n) is 7.14. The topological polar surface area (TPSA) is 86.3 Å². The molecule has 3 aromatic rings. The lowest BCUT2D eigenvalue weighted by atomic mass is 10.2. The molecule has 0 radical (unpaired) electrons. The SMILES string of the molecule is Cc1nc(CN2CCN(C(=O)Nc3ccccc3-n3c(C)c[nH]c3=O)CC2)cs1. The number of aryl methyl sites for hydroxylation is 2. The third-order valence-electron chi connectivity index (χ3n) is 5.06. The fraction of sp³-hybridized carbons (Fsp3) is 0.350. The molecule has 1 fully saturated rings. The van der Waals surface area contributed by atoms with Gasteiger partial charge in [0.15, 0.2) is 0 Å². The average Bonchev–Trinajstić information content (AvgIpc) is 3.27. The number of benzene rings is 1. The smallest absolute Gasteiger partial charge is 0.322 e. The number of nitrogens with zero attached hydrogens (tertiary/aromatic N) is 4. The zero-order valence-corrected chi connectivity index (χ0v) is 17.3. The summed E-state index contributed by atoms with van der Waals surface area (Å²) >= 11 is 1.66. The number of hydrogen-bond acceptors (Lipinski definition) is 5. The minimum atomic E-state index is -0.227. The first kappa shape index (κ1) is 19.4. The van der Waals surface area contributed by atoms with E-state index in [9.17, 15) is 9.59 Å². The first-order valence-electron chi connectivity index (χ1n) is 9.57. The van der Waals surface area contributed by atoms with E-state index in [-0.39, 0.29) is 11.7 Å². The molecule has 1 saturated heterocycles. The molecular weight excluding hydrogens is 388 g/mol. The molecule has 1 aliphatic rings. The number of anilines is 1. The molecule has 8 nitrogen and oxygen atoms in total. The maximum atomic E-state index is 12.8. The summed E-state index contributed by atoms with van der Waals surface area (Å²) in [5, 5.41) is 6.15. The first-order valence-corrected chi connectivity index (χ1v) is 10.4. The summed E-state index contributed by atoms with van der Waals surface area (Å²) in [6.07, 6.45) is 1.66. The fourth-order valence-electron chi connectivity index (χ4n) is 3.54. The van der Waals surface area contributed by atoms with E-state index in [2.05, 4.69) is 25.6 Å². The predicted molar refractivity (Wildman–Crippen MR) is 114 cm³/mol. The van der Waals surface area contributed by atoms with Crippen molar-refractivity contribution in [2.45, 2.75) is 20.4 Å². The summed E-state index contributed by atoms with van der Waals surface area (Å²) in [5.74, 6) is 0. The molecular formula is C20H24N6O2S. The Bertz CT molecular complexity index is 1060. The maximum Gasteiger partial charge on any atom is 0.330 e. The number of thiazole rings is 1. The van der Waals surface area contributed by atoms with Crippen LogP contribution in [0.1, 0.15) is 16.4 Å². The van der Waals surface area contributed by atoms with Crippen LogP contribution < -0.4 is 11.0 Å².